The first kappa shape index (κ1) is 21.4. The van der Waals surface area contributed by atoms with Crippen molar-refractivity contribution in [2.24, 2.45) is 0 Å². The maximum absolute atomic E-state index is 13.9. The Morgan fingerprint density at radius 1 is 1.03 bits per heavy atom. The van der Waals surface area contributed by atoms with Gasteiger partial charge in [0.15, 0.2) is 11.7 Å². The number of oxazole rings is 1. The molecule has 2 heterocycles. The molecule has 32 heavy (non-hydrogen) atoms. The summed E-state index contributed by atoms with van der Waals surface area (Å²) in [5.74, 6) is -1.30. The Kier molecular flexibility index (Phi) is 6.39. The zero-order valence-electron chi connectivity index (χ0n) is 17.5. The number of benzene rings is 2. The molecule has 0 atom stereocenters. The van der Waals surface area contributed by atoms with Crippen molar-refractivity contribution >= 4 is 5.91 Å². The molecule has 0 saturated heterocycles. The predicted molar refractivity (Wildman–Crippen MR) is 114 cm³/mol. The van der Waals surface area contributed by atoms with Crippen molar-refractivity contribution in [3.8, 4) is 11.3 Å². The summed E-state index contributed by atoms with van der Waals surface area (Å²) >= 11 is 0. The first-order valence-electron chi connectivity index (χ1n) is 10.2. The maximum Gasteiger partial charge on any atom is 0.223 e. The van der Waals surface area contributed by atoms with Gasteiger partial charge in [0.25, 0.3) is 0 Å². The number of carbonyl (C=O) groups is 1. The fraction of sp³-hybridized carbons (Fsp3) is 0.208. The Labute approximate surface area is 184 Å². The summed E-state index contributed by atoms with van der Waals surface area (Å²) in [7, 11) is 1.71. The predicted octanol–water partition coefficient (Wildman–Crippen LogP) is 4.46. The number of nitrogens with zero attached hydrogens (tertiary/aromatic N) is 4. The number of amides is 1. The lowest BCUT2D eigenvalue weighted by Gasteiger charge is -2.15. The molecule has 0 aliphatic carbocycles. The SMILES string of the molecule is CN(Cc1cnn(Cc2ccccc2)c1)C(=O)CCc1ncc(-c2c(F)cccc2F)o1. The van der Waals surface area contributed by atoms with E-state index >= 15 is 0 Å². The fourth-order valence-corrected chi connectivity index (χ4v) is 3.39. The van der Waals surface area contributed by atoms with Crippen molar-refractivity contribution in [2.45, 2.75) is 25.9 Å². The number of carbonyl (C=O) groups excluding carboxylic acids is 1. The van der Waals surface area contributed by atoms with Crippen molar-refractivity contribution in [2.75, 3.05) is 7.05 Å². The summed E-state index contributed by atoms with van der Waals surface area (Å²) in [6.45, 7) is 1.08. The van der Waals surface area contributed by atoms with Gasteiger partial charge < -0.3 is 9.32 Å². The highest BCUT2D eigenvalue weighted by molar-refractivity contribution is 5.76. The number of aromatic nitrogens is 3. The van der Waals surface area contributed by atoms with Crippen LogP contribution in [0.1, 0.15) is 23.4 Å². The van der Waals surface area contributed by atoms with E-state index in [-0.39, 0.29) is 36.0 Å². The minimum absolute atomic E-state index is 0.00207. The van der Waals surface area contributed by atoms with E-state index < -0.39 is 11.6 Å². The van der Waals surface area contributed by atoms with Crippen molar-refractivity contribution in [3.63, 3.8) is 0 Å². The van der Waals surface area contributed by atoms with Crippen LogP contribution in [-0.4, -0.2) is 32.6 Å². The lowest BCUT2D eigenvalue weighted by atomic mass is 10.1. The van der Waals surface area contributed by atoms with Gasteiger partial charge in [-0.3, -0.25) is 9.48 Å². The van der Waals surface area contributed by atoms with Crippen LogP contribution in [0.5, 0.6) is 0 Å². The highest BCUT2D eigenvalue weighted by Gasteiger charge is 2.17. The van der Waals surface area contributed by atoms with Crippen LogP contribution in [0, 0.1) is 11.6 Å². The van der Waals surface area contributed by atoms with E-state index in [1.807, 2.05) is 41.2 Å². The second kappa shape index (κ2) is 9.55. The monoisotopic (exact) mass is 436 g/mol. The molecule has 0 radical (unpaired) electrons. The van der Waals surface area contributed by atoms with Gasteiger partial charge in [-0.1, -0.05) is 36.4 Å². The molecule has 0 aliphatic heterocycles. The summed E-state index contributed by atoms with van der Waals surface area (Å²) < 4.78 is 35.1. The van der Waals surface area contributed by atoms with Gasteiger partial charge in [-0.25, -0.2) is 13.8 Å². The van der Waals surface area contributed by atoms with E-state index in [4.69, 9.17) is 4.42 Å². The molecule has 4 aromatic rings. The quantitative estimate of drug-likeness (QED) is 0.409. The molecule has 2 aromatic carbocycles. The van der Waals surface area contributed by atoms with Crippen LogP contribution in [0.2, 0.25) is 0 Å². The van der Waals surface area contributed by atoms with E-state index in [0.717, 1.165) is 23.3 Å². The smallest absolute Gasteiger partial charge is 0.223 e. The van der Waals surface area contributed by atoms with E-state index in [1.54, 1.807) is 18.1 Å². The van der Waals surface area contributed by atoms with Crippen molar-refractivity contribution in [3.05, 3.63) is 95.8 Å². The first-order chi connectivity index (χ1) is 15.5. The van der Waals surface area contributed by atoms with E-state index in [9.17, 15) is 13.6 Å². The lowest BCUT2D eigenvalue weighted by molar-refractivity contribution is -0.130. The summed E-state index contributed by atoms with van der Waals surface area (Å²) in [5.41, 5.74) is 1.81. The molecule has 4 rings (SSSR count). The van der Waals surface area contributed by atoms with Gasteiger partial charge >= 0.3 is 0 Å². The van der Waals surface area contributed by atoms with Crippen molar-refractivity contribution in [1.82, 2.24) is 19.7 Å². The van der Waals surface area contributed by atoms with Crippen LogP contribution < -0.4 is 0 Å². The number of hydrogen-bond donors (Lipinski definition) is 0. The summed E-state index contributed by atoms with van der Waals surface area (Å²) in [6.07, 6.45) is 5.32. The van der Waals surface area contributed by atoms with Crippen LogP contribution in [-0.2, 0) is 24.3 Å². The molecule has 164 valence electrons. The highest BCUT2D eigenvalue weighted by Crippen LogP contribution is 2.26. The molecule has 0 unspecified atom stereocenters. The van der Waals surface area contributed by atoms with Gasteiger partial charge in [0.05, 0.1) is 24.5 Å². The van der Waals surface area contributed by atoms with Gasteiger partial charge in [-0.15, -0.1) is 0 Å². The van der Waals surface area contributed by atoms with Crippen LogP contribution in [0.4, 0.5) is 8.78 Å². The van der Waals surface area contributed by atoms with Gasteiger partial charge in [0.2, 0.25) is 5.91 Å². The maximum atomic E-state index is 13.9. The number of rotatable bonds is 8. The average Bonchev–Trinajstić information content (AvgIpc) is 3.42. The van der Waals surface area contributed by atoms with E-state index in [1.165, 1.54) is 12.3 Å². The van der Waals surface area contributed by atoms with Gasteiger partial charge in [-0.2, -0.15) is 5.10 Å². The Hall–Kier alpha value is -3.81. The molecular weight excluding hydrogens is 414 g/mol. The third kappa shape index (κ3) is 5.08. The number of halogens is 2. The number of hydrogen-bond acceptors (Lipinski definition) is 4. The van der Waals surface area contributed by atoms with Crippen molar-refractivity contribution in [1.29, 1.82) is 0 Å². The molecule has 6 nitrogen and oxygen atoms in total. The minimum Gasteiger partial charge on any atom is -0.441 e. The van der Waals surface area contributed by atoms with E-state index in [2.05, 4.69) is 10.1 Å². The second-order valence-electron chi connectivity index (χ2n) is 7.50. The first-order valence-corrected chi connectivity index (χ1v) is 10.2. The zero-order chi connectivity index (χ0) is 22.5. The third-order valence-electron chi connectivity index (χ3n) is 5.04. The number of aryl methyl sites for hydroxylation is 1. The normalized spacial score (nSPS) is 11.0. The summed E-state index contributed by atoms with van der Waals surface area (Å²) in [4.78, 5) is 18.2. The molecule has 0 spiro atoms. The van der Waals surface area contributed by atoms with Crippen LogP contribution >= 0.6 is 0 Å². The highest BCUT2D eigenvalue weighted by atomic mass is 19.1. The Morgan fingerprint density at radius 3 is 2.53 bits per heavy atom. The van der Waals surface area contributed by atoms with Crippen LogP contribution in [0.15, 0.2) is 71.5 Å². The van der Waals surface area contributed by atoms with Crippen LogP contribution in [0.25, 0.3) is 11.3 Å². The van der Waals surface area contributed by atoms with Crippen molar-refractivity contribution < 1.29 is 18.0 Å². The second-order valence-corrected chi connectivity index (χ2v) is 7.50. The van der Waals surface area contributed by atoms with Gasteiger partial charge in [0.1, 0.15) is 11.6 Å². The molecule has 0 bridgehead atoms. The lowest BCUT2D eigenvalue weighted by Crippen LogP contribution is -2.26. The molecule has 8 heteroatoms. The summed E-state index contributed by atoms with van der Waals surface area (Å²) in [6, 6.07) is 13.6. The average molecular weight is 436 g/mol. The largest absolute Gasteiger partial charge is 0.441 e. The third-order valence-corrected chi connectivity index (χ3v) is 5.04. The molecular formula is C24H22F2N4O2. The molecule has 0 fully saturated rings. The van der Waals surface area contributed by atoms with Crippen LogP contribution in [0.3, 0.4) is 0 Å². The standard InChI is InChI=1S/C24H22F2N4O2/c1-29(14-18-12-28-30(16-18)15-17-6-3-2-4-7-17)23(31)11-10-22-27-13-21(32-22)24-19(25)8-5-9-20(24)26/h2-9,12-13,16H,10-11,14-15H2,1H3. The minimum atomic E-state index is -0.726. The Balaban J connectivity index is 1.31. The fourth-order valence-electron chi connectivity index (χ4n) is 3.39. The zero-order valence-corrected chi connectivity index (χ0v) is 17.5. The molecule has 1 amide bonds. The van der Waals surface area contributed by atoms with E-state index in [0.29, 0.717) is 13.1 Å². The Morgan fingerprint density at radius 2 is 1.78 bits per heavy atom. The topological polar surface area (TPSA) is 64.2 Å². The molecule has 0 aliphatic rings. The molecule has 0 saturated carbocycles. The van der Waals surface area contributed by atoms with Gasteiger partial charge in [0, 0.05) is 38.2 Å². The molecule has 2 aromatic heterocycles. The molecule has 0 N–H and O–H groups in total. The summed E-state index contributed by atoms with van der Waals surface area (Å²) in [5, 5.41) is 4.36. The van der Waals surface area contributed by atoms with Gasteiger partial charge in [-0.05, 0) is 17.7 Å². The Bertz CT molecular complexity index is 1180.